The Morgan fingerprint density at radius 3 is 2.68 bits per heavy atom. The maximum atomic E-state index is 12.2. The first-order valence-corrected chi connectivity index (χ1v) is 6.05. The number of nitrogen functional groups attached to an aromatic ring is 1. The molecular formula is C12H13ClN2O4. The SMILES string of the molecule is Nc1cc(C(=O)N2C[C@H](O)C[C@H]2C(=O)O)ccc1Cl. The molecule has 19 heavy (non-hydrogen) atoms. The van der Waals surface area contributed by atoms with Crippen LogP contribution in [0.3, 0.4) is 0 Å². The fourth-order valence-electron chi connectivity index (χ4n) is 2.11. The highest BCUT2D eigenvalue weighted by Gasteiger charge is 2.39. The molecule has 1 heterocycles. The van der Waals surface area contributed by atoms with Gasteiger partial charge in [0.25, 0.3) is 5.91 Å². The van der Waals surface area contributed by atoms with Gasteiger partial charge in [-0.2, -0.15) is 0 Å². The molecule has 0 aromatic heterocycles. The first-order valence-electron chi connectivity index (χ1n) is 5.67. The second kappa shape index (κ2) is 5.07. The van der Waals surface area contributed by atoms with Crippen molar-refractivity contribution in [1.82, 2.24) is 4.90 Å². The van der Waals surface area contributed by atoms with Crippen molar-refractivity contribution in [1.29, 1.82) is 0 Å². The molecule has 7 heteroatoms. The Kier molecular flexibility index (Phi) is 3.64. The molecule has 6 nitrogen and oxygen atoms in total. The van der Waals surface area contributed by atoms with Gasteiger partial charge in [-0.25, -0.2) is 4.79 Å². The summed E-state index contributed by atoms with van der Waals surface area (Å²) in [6.07, 6.45) is -0.792. The number of likely N-dealkylation sites (tertiary alicyclic amines) is 1. The Balaban J connectivity index is 2.27. The Morgan fingerprint density at radius 2 is 2.11 bits per heavy atom. The average Bonchev–Trinajstić information content (AvgIpc) is 2.74. The van der Waals surface area contributed by atoms with Crippen LogP contribution in [0.5, 0.6) is 0 Å². The van der Waals surface area contributed by atoms with Crippen molar-refractivity contribution in [2.24, 2.45) is 0 Å². The van der Waals surface area contributed by atoms with Crippen molar-refractivity contribution >= 4 is 29.2 Å². The zero-order valence-electron chi connectivity index (χ0n) is 9.91. The lowest BCUT2D eigenvalue weighted by atomic mass is 10.1. The number of carbonyl (C=O) groups is 2. The summed E-state index contributed by atoms with van der Waals surface area (Å²) in [6.45, 7) is -0.00166. The number of carbonyl (C=O) groups excluding carboxylic acids is 1. The summed E-state index contributed by atoms with van der Waals surface area (Å²) in [5, 5.41) is 18.9. The lowest BCUT2D eigenvalue weighted by Gasteiger charge is -2.21. The molecule has 0 unspecified atom stereocenters. The molecular weight excluding hydrogens is 272 g/mol. The molecule has 4 N–H and O–H groups in total. The van der Waals surface area contributed by atoms with Gasteiger partial charge in [0.15, 0.2) is 0 Å². The van der Waals surface area contributed by atoms with E-state index in [0.29, 0.717) is 5.02 Å². The van der Waals surface area contributed by atoms with E-state index in [-0.39, 0.29) is 24.2 Å². The number of hydrogen-bond acceptors (Lipinski definition) is 4. The number of rotatable bonds is 2. The summed E-state index contributed by atoms with van der Waals surface area (Å²) in [5.41, 5.74) is 6.11. The molecule has 1 aromatic rings. The van der Waals surface area contributed by atoms with E-state index in [9.17, 15) is 14.7 Å². The Morgan fingerprint density at radius 1 is 1.42 bits per heavy atom. The Bertz CT molecular complexity index is 534. The number of aliphatic hydroxyl groups is 1. The Labute approximate surface area is 114 Å². The molecule has 1 saturated heterocycles. The minimum Gasteiger partial charge on any atom is -0.480 e. The molecule has 1 fully saturated rings. The normalized spacial score (nSPS) is 22.5. The number of carboxylic acids is 1. The topological polar surface area (TPSA) is 104 Å². The molecule has 2 rings (SSSR count). The van der Waals surface area contributed by atoms with E-state index < -0.39 is 24.0 Å². The number of benzene rings is 1. The highest BCUT2D eigenvalue weighted by molar-refractivity contribution is 6.33. The third-order valence-electron chi connectivity index (χ3n) is 3.07. The van der Waals surface area contributed by atoms with Crippen LogP contribution in [0.1, 0.15) is 16.8 Å². The first kappa shape index (κ1) is 13.6. The third-order valence-corrected chi connectivity index (χ3v) is 3.41. The van der Waals surface area contributed by atoms with Crippen LogP contribution in [-0.4, -0.2) is 45.7 Å². The van der Waals surface area contributed by atoms with Gasteiger partial charge in [-0.1, -0.05) is 11.6 Å². The summed E-state index contributed by atoms with van der Waals surface area (Å²) in [6, 6.07) is 3.34. The molecule has 0 spiro atoms. The highest BCUT2D eigenvalue weighted by Crippen LogP contribution is 2.24. The number of nitrogens with two attached hydrogens (primary N) is 1. The van der Waals surface area contributed by atoms with E-state index >= 15 is 0 Å². The van der Waals surface area contributed by atoms with Crippen LogP contribution in [0.2, 0.25) is 5.02 Å². The van der Waals surface area contributed by atoms with Crippen LogP contribution < -0.4 is 5.73 Å². The number of carboxylic acid groups (broad SMARTS) is 1. The number of halogens is 1. The van der Waals surface area contributed by atoms with Gasteiger partial charge in [0.05, 0.1) is 16.8 Å². The van der Waals surface area contributed by atoms with Crippen LogP contribution in [0.25, 0.3) is 0 Å². The molecule has 0 bridgehead atoms. The number of aliphatic hydroxyl groups excluding tert-OH is 1. The van der Waals surface area contributed by atoms with Crippen molar-refractivity contribution in [2.75, 3.05) is 12.3 Å². The first-order chi connectivity index (χ1) is 8.90. The summed E-state index contributed by atoms with van der Waals surface area (Å²) >= 11 is 5.76. The van der Waals surface area contributed by atoms with Crippen molar-refractivity contribution < 1.29 is 19.8 Å². The molecule has 1 aliphatic rings. The van der Waals surface area contributed by atoms with Crippen molar-refractivity contribution in [2.45, 2.75) is 18.6 Å². The average molecular weight is 285 g/mol. The van der Waals surface area contributed by atoms with Crippen LogP contribution in [-0.2, 0) is 4.79 Å². The quantitative estimate of drug-likeness (QED) is 0.689. The van der Waals surface area contributed by atoms with Crippen LogP contribution >= 0.6 is 11.6 Å². The van der Waals surface area contributed by atoms with Crippen LogP contribution in [0.15, 0.2) is 18.2 Å². The van der Waals surface area contributed by atoms with Gasteiger partial charge < -0.3 is 20.8 Å². The molecule has 1 aromatic carbocycles. The summed E-state index contributed by atoms with van der Waals surface area (Å²) in [7, 11) is 0. The van der Waals surface area contributed by atoms with Crippen molar-refractivity contribution in [3.8, 4) is 0 Å². The number of β-amino-alcohol motifs (C(OH)–C–C–N with tert-alkyl or cyclic N) is 1. The number of hydrogen-bond donors (Lipinski definition) is 3. The lowest BCUT2D eigenvalue weighted by molar-refractivity contribution is -0.141. The minimum atomic E-state index is -1.13. The van der Waals surface area contributed by atoms with Gasteiger partial charge in [0, 0.05) is 18.5 Å². The van der Waals surface area contributed by atoms with E-state index in [2.05, 4.69) is 0 Å². The van der Waals surface area contributed by atoms with Gasteiger partial charge in [-0.3, -0.25) is 4.79 Å². The zero-order valence-corrected chi connectivity index (χ0v) is 10.7. The molecule has 0 radical (unpaired) electrons. The number of amides is 1. The van der Waals surface area contributed by atoms with E-state index in [1.807, 2.05) is 0 Å². The van der Waals surface area contributed by atoms with Gasteiger partial charge in [0.2, 0.25) is 0 Å². The molecule has 102 valence electrons. The zero-order chi connectivity index (χ0) is 14.2. The van der Waals surface area contributed by atoms with Crippen LogP contribution in [0, 0.1) is 0 Å². The standard InChI is InChI=1S/C12H13ClN2O4/c13-8-2-1-6(3-9(8)14)11(17)15-5-7(16)4-10(15)12(18)19/h1-3,7,10,16H,4-5,14H2,(H,18,19)/t7-,10+/m1/s1. The second-order valence-electron chi connectivity index (χ2n) is 4.44. The van der Waals surface area contributed by atoms with Gasteiger partial charge >= 0.3 is 5.97 Å². The molecule has 0 saturated carbocycles. The van der Waals surface area contributed by atoms with E-state index in [4.69, 9.17) is 22.4 Å². The van der Waals surface area contributed by atoms with E-state index in [0.717, 1.165) is 4.90 Å². The lowest BCUT2D eigenvalue weighted by Crippen LogP contribution is -2.40. The predicted octanol–water partition coefficient (Wildman–Crippen LogP) is 0.582. The molecule has 0 aliphatic carbocycles. The minimum absolute atomic E-state index is 0.00166. The highest BCUT2D eigenvalue weighted by atomic mass is 35.5. The van der Waals surface area contributed by atoms with Gasteiger partial charge in [-0.15, -0.1) is 0 Å². The molecule has 1 amide bonds. The number of nitrogens with zero attached hydrogens (tertiary/aromatic N) is 1. The fourth-order valence-corrected chi connectivity index (χ4v) is 2.23. The maximum Gasteiger partial charge on any atom is 0.326 e. The molecule has 2 atom stereocenters. The number of aliphatic carboxylic acids is 1. The maximum absolute atomic E-state index is 12.2. The largest absolute Gasteiger partial charge is 0.480 e. The smallest absolute Gasteiger partial charge is 0.326 e. The summed E-state index contributed by atoms with van der Waals surface area (Å²) < 4.78 is 0. The summed E-state index contributed by atoms with van der Waals surface area (Å²) in [4.78, 5) is 24.4. The van der Waals surface area contributed by atoms with Crippen molar-refractivity contribution in [3.05, 3.63) is 28.8 Å². The van der Waals surface area contributed by atoms with Crippen molar-refractivity contribution in [3.63, 3.8) is 0 Å². The second-order valence-corrected chi connectivity index (χ2v) is 4.84. The van der Waals surface area contributed by atoms with Crippen LogP contribution in [0.4, 0.5) is 5.69 Å². The monoisotopic (exact) mass is 284 g/mol. The number of anilines is 1. The Hall–Kier alpha value is -1.79. The summed E-state index contributed by atoms with van der Waals surface area (Å²) in [5.74, 6) is -1.61. The van der Waals surface area contributed by atoms with E-state index in [1.165, 1.54) is 18.2 Å². The third kappa shape index (κ3) is 2.64. The predicted molar refractivity (Wildman–Crippen MR) is 68.9 cm³/mol. The molecule has 1 aliphatic heterocycles. The van der Waals surface area contributed by atoms with Gasteiger partial charge in [0.1, 0.15) is 6.04 Å². The van der Waals surface area contributed by atoms with E-state index in [1.54, 1.807) is 0 Å². The van der Waals surface area contributed by atoms with Gasteiger partial charge in [-0.05, 0) is 18.2 Å². The fraction of sp³-hybridized carbons (Fsp3) is 0.333.